The van der Waals surface area contributed by atoms with Gasteiger partial charge in [0, 0.05) is 37.2 Å². The molecule has 3 amide bonds. The highest BCUT2D eigenvalue weighted by molar-refractivity contribution is 7.13. The van der Waals surface area contributed by atoms with Crippen LogP contribution in [0.1, 0.15) is 58.6 Å². The Balaban J connectivity index is 1.88. The number of hydrogen-bond acceptors (Lipinski definition) is 8. The van der Waals surface area contributed by atoms with E-state index in [0.29, 0.717) is 16.3 Å². The number of aliphatic hydroxyl groups excluding tert-OH is 1. The van der Waals surface area contributed by atoms with E-state index in [0.717, 1.165) is 16.9 Å². The number of amides is 3. The van der Waals surface area contributed by atoms with Gasteiger partial charge in [-0.25, -0.2) is 9.37 Å². The van der Waals surface area contributed by atoms with Gasteiger partial charge in [0.05, 0.1) is 17.3 Å². The number of aromatic nitrogens is 1. The Morgan fingerprint density at radius 2 is 1.85 bits per heavy atom. The summed E-state index contributed by atoms with van der Waals surface area (Å²) in [6, 6.07) is 12.1. The first-order chi connectivity index (χ1) is 22.2. The number of halogens is 1. The van der Waals surface area contributed by atoms with Gasteiger partial charge in [0.15, 0.2) is 5.78 Å². The number of aryl methyl sites for hydroxylation is 2. The molecule has 0 saturated heterocycles. The minimum atomic E-state index is -1.30. The number of likely N-dealkylation sites (N-methyl/N-ethyl adjacent to an activating group) is 1. The number of allylic oxidation sites excluding steroid dienone is 1. The van der Waals surface area contributed by atoms with Crippen LogP contribution in [-0.2, 0) is 27.3 Å². The van der Waals surface area contributed by atoms with E-state index in [2.05, 4.69) is 15.6 Å². The highest BCUT2D eigenvalue weighted by Gasteiger charge is 2.31. The van der Waals surface area contributed by atoms with Crippen molar-refractivity contribution in [2.24, 2.45) is 11.8 Å². The number of nitriles is 1. The maximum Gasteiger partial charge on any atom is 0.268 e. The predicted octanol–water partition coefficient (Wildman–Crippen LogP) is 4.58. The van der Waals surface area contributed by atoms with Gasteiger partial charge in [-0.1, -0.05) is 44.2 Å². The number of carbonyl (C=O) groups is 4. The molecular weight excluding hydrogens is 621 g/mol. The van der Waals surface area contributed by atoms with E-state index in [1.807, 2.05) is 19.9 Å². The molecule has 10 nitrogen and oxygen atoms in total. The molecule has 0 spiro atoms. The van der Waals surface area contributed by atoms with Crippen LogP contribution in [0.2, 0.25) is 0 Å². The van der Waals surface area contributed by atoms with Crippen molar-refractivity contribution in [3.63, 3.8) is 0 Å². The molecule has 3 aromatic rings. The van der Waals surface area contributed by atoms with Crippen LogP contribution in [0.3, 0.4) is 0 Å². The zero-order valence-corrected chi connectivity index (χ0v) is 28.2. The summed E-state index contributed by atoms with van der Waals surface area (Å²) in [5, 5.41) is 25.9. The molecular formula is C35H40FN5O5S. The number of anilines is 1. The number of nitrogens with zero attached hydrogens (tertiary/aromatic N) is 3. The first-order valence-electron chi connectivity index (χ1n) is 15.2. The van der Waals surface area contributed by atoms with Crippen molar-refractivity contribution < 1.29 is 28.7 Å². The van der Waals surface area contributed by atoms with Crippen LogP contribution in [0, 0.1) is 42.8 Å². The molecule has 3 N–H and O–H groups in total. The summed E-state index contributed by atoms with van der Waals surface area (Å²) in [7, 11) is 1.54. The molecule has 2 aromatic carbocycles. The highest BCUT2D eigenvalue weighted by atomic mass is 32.1. The lowest BCUT2D eigenvalue weighted by Crippen LogP contribution is -2.48. The minimum absolute atomic E-state index is 0.00112. The number of Topliss-reactive ketones (excluding diaryl/α,β-unsaturated/α-hetero) is 1. The largest absolute Gasteiger partial charge is 0.391 e. The predicted molar refractivity (Wildman–Crippen MR) is 178 cm³/mol. The van der Waals surface area contributed by atoms with Gasteiger partial charge >= 0.3 is 0 Å². The van der Waals surface area contributed by atoms with Gasteiger partial charge in [-0.3, -0.25) is 19.2 Å². The molecule has 0 aliphatic rings. The van der Waals surface area contributed by atoms with E-state index in [1.165, 1.54) is 31.1 Å². The second kappa shape index (κ2) is 16.7. The third-order valence-electron chi connectivity index (χ3n) is 7.38. The number of thiazole rings is 1. The van der Waals surface area contributed by atoms with Gasteiger partial charge in [-0.05, 0) is 62.4 Å². The zero-order valence-electron chi connectivity index (χ0n) is 27.3. The molecule has 1 heterocycles. The van der Waals surface area contributed by atoms with Gasteiger partial charge in [0.1, 0.15) is 28.4 Å². The molecule has 0 radical (unpaired) electrons. The molecule has 12 heteroatoms. The average Bonchev–Trinajstić information content (AvgIpc) is 3.46. The number of hydrogen-bond donors (Lipinski definition) is 3. The third-order valence-corrected chi connectivity index (χ3v) is 8.29. The second-order valence-corrected chi connectivity index (χ2v) is 13.0. The first kappa shape index (κ1) is 36.7. The average molecular weight is 662 g/mol. The molecule has 0 fully saturated rings. The molecule has 3 atom stereocenters. The Labute approximate surface area is 278 Å². The molecule has 0 saturated carbocycles. The fraction of sp³-hybridized carbons (Fsp3) is 0.371. The minimum Gasteiger partial charge on any atom is -0.391 e. The fourth-order valence-electron chi connectivity index (χ4n) is 4.86. The lowest BCUT2D eigenvalue weighted by molar-refractivity contribution is -0.131. The van der Waals surface area contributed by atoms with E-state index < -0.39 is 47.4 Å². The van der Waals surface area contributed by atoms with Crippen molar-refractivity contribution >= 4 is 40.5 Å². The van der Waals surface area contributed by atoms with E-state index in [-0.39, 0.29) is 41.3 Å². The molecule has 1 aromatic heterocycles. The number of rotatable bonds is 14. The number of ketones is 1. The standard InChI is InChI=1S/C35H40FN5O5S/c1-20(2)12-27(17-37)35(46)41(6)28-9-7-8-24(15-28)14-26(33(44)39-18-25-11-10-21(3)13-29(25)36)16-30(43)32(22(4)42)40-34(45)31-19-38-23(5)47-31/h7-13,15,19-20,22,26,32,42H,14,16,18H2,1-6H3,(H,39,44)(H,40,45)/t22-,26-,32+/m1/s1. The number of carbonyl (C=O) groups excluding carboxylic acids is 4. The summed E-state index contributed by atoms with van der Waals surface area (Å²) in [5.74, 6) is -3.64. The Morgan fingerprint density at radius 3 is 2.45 bits per heavy atom. The monoisotopic (exact) mass is 661 g/mol. The Hall–Kier alpha value is -4.73. The van der Waals surface area contributed by atoms with Crippen molar-refractivity contribution in [1.82, 2.24) is 15.6 Å². The number of aliphatic hydroxyl groups is 1. The third kappa shape index (κ3) is 10.4. The molecule has 0 aliphatic heterocycles. The van der Waals surface area contributed by atoms with Crippen LogP contribution in [0.5, 0.6) is 0 Å². The van der Waals surface area contributed by atoms with E-state index in [4.69, 9.17) is 0 Å². The lowest BCUT2D eigenvalue weighted by Gasteiger charge is -2.24. The maximum atomic E-state index is 14.5. The normalized spacial score (nSPS) is 13.3. The summed E-state index contributed by atoms with van der Waals surface area (Å²) >= 11 is 1.14. The summed E-state index contributed by atoms with van der Waals surface area (Å²) < 4.78 is 14.5. The van der Waals surface area contributed by atoms with Crippen LogP contribution in [-0.4, -0.2) is 52.8 Å². The molecule has 248 valence electrons. The Morgan fingerprint density at radius 1 is 1.13 bits per heavy atom. The van der Waals surface area contributed by atoms with E-state index in [1.54, 1.807) is 56.3 Å². The Kier molecular flexibility index (Phi) is 13.1. The van der Waals surface area contributed by atoms with Crippen LogP contribution >= 0.6 is 11.3 Å². The topological polar surface area (TPSA) is 152 Å². The van der Waals surface area contributed by atoms with Crippen LogP contribution in [0.25, 0.3) is 0 Å². The fourth-order valence-corrected chi connectivity index (χ4v) is 5.54. The summed E-state index contributed by atoms with van der Waals surface area (Å²) in [6.45, 7) is 8.46. The van der Waals surface area contributed by atoms with Crippen molar-refractivity contribution in [1.29, 1.82) is 5.26 Å². The van der Waals surface area contributed by atoms with E-state index in [9.17, 15) is 33.9 Å². The van der Waals surface area contributed by atoms with Crippen LogP contribution in [0.15, 0.2) is 60.3 Å². The Bertz CT molecular complexity index is 1690. The van der Waals surface area contributed by atoms with Crippen molar-refractivity contribution in [2.75, 3.05) is 11.9 Å². The van der Waals surface area contributed by atoms with Crippen LogP contribution < -0.4 is 15.5 Å². The molecule has 0 unspecified atom stereocenters. The van der Waals surface area contributed by atoms with Crippen molar-refractivity contribution in [3.8, 4) is 6.07 Å². The second-order valence-electron chi connectivity index (χ2n) is 11.8. The quantitative estimate of drug-likeness (QED) is 0.169. The first-order valence-corrected chi connectivity index (χ1v) is 16.0. The summed E-state index contributed by atoms with van der Waals surface area (Å²) in [5.41, 5.74) is 2.08. The maximum absolute atomic E-state index is 14.5. The van der Waals surface area contributed by atoms with Crippen molar-refractivity contribution in [3.05, 3.63) is 92.7 Å². The SMILES string of the molecule is Cc1ccc(CNC(=O)[C@@H](CC(=O)[C@@H](NC(=O)c2cnc(C)s2)[C@@H](C)O)Cc2cccc(N(C)C(=O)C(C#N)=CC(C)C)c2)c(F)c1. The summed E-state index contributed by atoms with van der Waals surface area (Å²) in [6.07, 6.45) is 1.40. The van der Waals surface area contributed by atoms with Gasteiger partial charge < -0.3 is 20.6 Å². The molecule has 0 bridgehead atoms. The smallest absolute Gasteiger partial charge is 0.268 e. The summed E-state index contributed by atoms with van der Waals surface area (Å²) in [4.78, 5) is 58.7. The van der Waals surface area contributed by atoms with E-state index >= 15 is 0 Å². The van der Waals surface area contributed by atoms with Gasteiger partial charge in [-0.2, -0.15) is 5.26 Å². The van der Waals surface area contributed by atoms with Gasteiger partial charge in [0.25, 0.3) is 11.8 Å². The number of benzene rings is 2. The molecule has 0 aliphatic carbocycles. The van der Waals surface area contributed by atoms with Crippen LogP contribution in [0.4, 0.5) is 10.1 Å². The molecule has 3 rings (SSSR count). The van der Waals surface area contributed by atoms with Gasteiger partial charge in [0.2, 0.25) is 5.91 Å². The van der Waals surface area contributed by atoms with Gasteiger partial charge in [-0.15, -0.1) is 11.3 Å². The highest BCUT2D eigenvalue weighted by Crippen LogP contribution is 2.22. The lowest BCUT2D eigenvalue weighted by atomic mass is 9.90. The molecule has 47 heavy (non-hydrogen) atoms. The van der Waals surface area contributed by atoms with Crippen molar-refractivity contribution in [2.45, 2.75) is 66.2 Å². The number of nitrogens with one attached hydrogen (secondary N) is 2. The zero-order chi connectivity index (χ0) is 34.8.